The Morgan fingerprint density at radius 3 is 2.52 bits per heavy atom. The lowest BCUT2D eigenvalue weighted by Crippen LogP contribution is -2.42. The summed E-state index contributed by atoms with van der Waals surface area (Å²) in [5.41, 5.74) is 0.776. The second-order valence-corrected chi connectivity index (χ2v) is 9.15. The predicted octanol–water partition coefficient (Wildman–Crippen LogP) is 2.19. The van der Waals surface area contributed by atoms with Crippen molar-refractivity contribution in [3.63, 3.8) is 0 Å². The van der Waals surface area contributed by atoms with Crippen LogP contribution in [0.5, 0.6) is 11.5 Å². The molecule has 0 spiro atoms. The first kappa shape index (κ1) is 23.1. The molecule has 0 saturated carbocycles. The van der Waals surface area contributed by atoms with E-state index in [0.717, 1.165) is 22.7 Å². The molecular weight excluding hydrogens is 420 g/mol. The van der Waals surface area contributed by atoms with E-state index in [1.807, 2.05) is 30.3 Å². The summed E-state index contributed by atoms with van der Waals surface area (Å²) in [5, 5.41) is 2.79. The highest BCUT2D eigenvalue weighted by Gasteiger charge is 2.28. The second kappa shape index (κ2) is 10.6. The Morgan fingerprint density at radius 2 is 1.87 bits per heavy atom. The van der Waals surface area contributed by atoms with Crippen LogP contribution in [-0.2, 0) is 26.1 Å². The molecule has 0 aliphatic carbocycles. The molecule has 9 heteroatoms. The van der Waals surface area contributed by atoms with E-state index < -0.39 is 10.0 Å². The molecule has 1 N–H and O–H groups in total. The molecule has 0 aromatic heterocycles. The largest absolute Gasteiger partial charge is 0.493 e. The van der Waals surface area contributed by atoms with Gasteiger partial charge in [0.05, 0.1) is 31.8 Å². The number of hydrogen-bond donors (Lipinski definition) is 1. The topological polar surface area (TPSA) is 94.2 Å². The summed E-state index contributed by atoms with van der Waals surface area (Å²) in [5.74, 6) is 0.340. The highest BCUT2D eigenvalue weighted by atomic mass is 32.2. The molecule has 2 aromatic rings. The zero-order valence-corrected chi connectivity index (χ0v) is 18.6. The number of sulfonamides is 1. The summed E-state index contributed by atoms with van der Waals surface area (Å²) >= 11 is 0. The Balaban J connectivity index is 1.82. The Bertz CT molecular complexity index is 975. The summed E-state index contributed by atoms with van der Waals surface area (Å²) in [6.07, 6.45) is 1.83. The highest BCUT2D eigenvalue weighted by Crippen LogP contribution is 2.31. The van der Waals surface area contributed by atoms with Crippen molar-refractivity contribution in [1.82, 2.24) is 9.62 Å². The Labute approximate surface area is 183 Å². The van der Waals surface area contributed by atoms with Crippen LogP contribution in [0.1, 0.15) is 18.4 Å². The average molecular weight is 449 g/mol. The fourth-order valence-electron chi connectivity index (χ4n) is 3.39. The monoisotopic (exact) mass is 448 g/mol. The lowest BCUT2D eigenvalue weighted by Gasteiger charge is -2.23. The predicted molar refractivity (Wildman–Crippen MR) is 116 cm³/mol. The molecule has 3 rings (SSSR count). The Morgan fingerprint density at radius 1 is 1.13 bits per heavy atom. The van der Waals surface area contributed by atoms with Gasteiger partial charge in [0.25, 0.3) is 0 Å². The molecule has 1 atom stereocenters. The van der Waals surface area contributed by atoms with Gasteiger partial charge in [-0.1, -0.05) is 30.3 Å². The van der Waals surface area contributed by atoms with Crippen LogP contribution < -0.4 is 14.8 Å². The van der Waals surface area contributed by atoms with E-state index in [1.54, 1.807) is 0 Å². The number of benzene rings is 2. The van der Waals surface area contributed by atoms with Crippen LogP contribution in [0, 0.1) is 0 Å². The lowest BCUT2D eigenvalue weighted by molar-refractivity contribution is -0.121. The molecule has 31 heavy (non-hydrogen) atoms. The Hall–Kier alpha value is -2.62. The minimum absolute atomic E-state index is 0.0195. The third-order valence-electron chi connectivity index (χ3n) is 5.07. The van der Waals surface area contributed by atoms with E-state index >= 15 is 0 Å². The molecule has 8 nitrogen and oxygen atoms in total. The maximum Gasteiger partial charge on any atom is 0.243 e. The van der Waals surface area contributed by atoms with Gasteiger partial charge in [-0.05, 0) is 30.5 Å². The summed E-state index contributed by atoms with van der Waals surface area (Å²) in [7, 11) is -1.07. The maximum absolute atomic E-state index is 13.4. The van der Waals surface area contributed by atoms with Crippen molar-refractivity contribution in [2.75, 3.05) is 33.9 Å². The van der Waals surface area contributed by atoms with Crippen LogP contribution in [0.25, 0.3) is 0 Å². The fraction of sp³-hybridized carbons (Fsp3) is 0.409. The van der Waals surface area contributed by atoms with Crippen molar-refractivity contribution in [2.24, 2.45) is 0 Å². The molecular formula is C22H28N2O6S. The van der Waals surface area contributed by atoms with Crippen LogP contribution in [-0.4, -0.2) is 58.7 Å². The quantitative estimate of drug-likeness (QED) is 0.599. The van der Waals surface area contributed by atoms with Gasteiger partial charge in [-0.3, -0.25) is 4.79 Å². The number of ether oxygens (including phenoxy) is 3. The molecule has 0 radical (unpaired) electrons. The molecule has 0 unspecified atom stereocenters. The first-order valence-electron chi connectivity index (χ1n) is 10.1. The van der Waals surface area contributed by atoms with Gasteiger partial charge in [-0.2, -0.15) is 4.31 Å². The van der Waals surface area contributed by atoms with Crippen molar-refractivity contribution in [1.29, 1.82) is 0 Å². The van der Waals surface area contributed by atoms with Crippen molar-refractivity contribution in [3.05, 3.63) is 54.1 Å². The zero-order valence-electron chi connectivity index (χ0n) is 17.7. The van der Waals surface area contributed by atoms with Gasteiger partial charge in [0.15, 0.2) is 11.5 Å². The lowest BCUT2D eigenvalue weighted by atomic mass is 10.2. The average Bonchev–Trinajstić information content (AvgIpc) is 3.31. The van der Waals surface area contributed by atoms with Gasteiger partial charge >= 0.3 is 0 Å². The molecule has 0 bridgehead atoms. The van der Waals surface area contributed by atoms with Gasteiger partial charge in [0, 0.05) is 25.8 Å². The summed E-state index contributed by atoms with van der Waals surface area (Å²) in [6, 6.07) is 13.5. The minimum atomic E-state index is -3.98. The molecule has 1 amide bonds. The smallest absolute Gasteiger partial charge is 0.243 e. The third-order valence-corrected chi connectivity index (χ3v) is 6.85. The molecule has 1 aliphatic rings. The van der Waals surface area contributed by atoms with E-state index in [-0.39, 0.29) is 30.0 Å². The van der Waals surface area contributed by atoms with Crippen LogP contribution >= 0.6 is 0 Å². The number of rotatable bonds is 10. The van der Waals surface area contributed by atoms with Crippen molar-refractivity contribution in [2.45, 2.75) is 30.4 Å². The zero-order chi connectivity index (χ0) is 22.3. The number of hydrogen-bond acceptors (Lipinski definition) is 6. The van der Waals surface area contributed by atoms with Crippen molar-refractivity contribution in [3.8, 4) is 11.5 Å². The van der Waals surface area contributed by atoms with Gasteiger partial charge in [-0.25, -0.2) is 8.42 Å². The van der Waals surface area contributed by atoms with Crippen molar-refractivity contribution >= 4 is 15.9 Å². The van der Waals surface area contributed by atoms with Gasteiger partial charge in [0.2, 0.25) is 15.9 Å². The Kier molecular flexibility index (Phi) is 7.89. The summed E-state index contributed by atoms with van der Waals surface area (Å²) in [4.78, 5) is 12.6. The van der Waals surface area contributed by atoms with Crippen LogP contribution in [0.4, 0.5) is 0 Å². The fourth-order valence-corrected chi connectivity index (χ4v) is 4.79. The number of carbonyl (C=O) groups is 1. The third kappa shape index (κ3) is 5.96. The van der Waals surface area contributed by atoms with Crippen LogP contribution in [0.3, 0.4) is 0 Å². The van der Waals surface area contributed by atoms with E-state index in [4.69, 9.17) is 14.2 Å². The summed E-state index contributed by atoms with van der Waals surface area (Å²) in [6.45, 7) is 0.811. The number of carbonyl (C=O) groups excluding carboxylic acids is 1. The van der Waals surface area contributed by atoms with E-state index in [9.17, 15) is 13.2 Å². The minimum Gasteiger partial charge on any atom is -0.493 e. The van der Waals surface area contributed by atoms with Crippen LogP contribution in [0.15, 0.2) is 53.4 Å². The number of methoxy groups -OCH3 is 2. The molecule has 1 saturated heterocycles. The SMILES string of the molecule is COc1ccc(S(=O)(=O)N(CC(=O)NC[C@H]2CCCO2)Cc2ccccc2)cc1OC. The van der Waals surface area contributed by atoms with E-state index in [0.29, 0.717) is 24.7 Å². The normalized spacial score (nSPS) is 16.3. The summed E-state index contributed by atoms with van der Waals surface area (Å²) < 4.78 is 44.0. The molecule has 1 fully saturated rings. The van der Waals surface area contributed by atoms with E-state index in [1.165, 1.54) is 32.4 Å². The molecule has 1 heterocycles. The van der Waals surface area contributed by atoms with Gasteiger partial charge in [0.1, 0.15) is 0 Å². The number of nitrogens with one attached hydrogen (secondary N) is 1. The number of nitrogens with zero attached hydrogens (tertiary/aromatic N) is 1. The molecule has 1 aliphatic heterocycles. The standard InChI is InChI=1S/C22H28N2O6S/c1-28-20-11-10-19(13-21(20)29-2)31(26,27)24(15-17-7-4-3-5-8-17)16-22(25)23-14-18-9-6-12-30-18/h3-5,7-8,10-11,13,18H,6,9,12,14-16H2,1-2H3,(H,23,25)/t18-/m1/s1. The first-order valence-corrected chi connectivity index (χ1v) is 11.5. The molecule has 168 valence electrons. The van der Waals surface area contributed by atoms with Gasteiger partial charge in [-0.15, -0.1) is 0 Å². The highest BCUT2D eigenvalue weighted by molar-refractivity contribution is 7.89. The number of amides is 1. The van der Waals surface area contributed by atoms with Crippen LogP contribution in [0.2, 0.25) is 0 Å². The molecule has 2 aromatic carbocycles. The second-order valence-electron chi connectivity index (χ2n) is 7.21. The first-order chi connectivity index (χ1) is 14.9. The van der Waals surface area contributed by atoms with E-state index in [2.05, 4.69) is 5.32 Å². The maximum atomic E-state index is 13.4. The van der Waals surface area contributed by atoms with Crippen molar-refractivity contribution < 1.29 is 27.4 Å². The van der Waals surface area contributed by atoms with Gasteiger partial charge < -0.3 is 19.5 Å².